The second-order valence-corrected chi connectivity index (χ2v) is 11.5. The number of nitrogens with zero attached hydrogens (tertiary/aromatic N) is 1. The molecule has 2 N–H and O–H groups in total. The van der Waals surface area contributed by atoms with Gasteiger partial charge in [-0.05, 0) is 77.3 Å². The Labute approximate surface area is 217 Å². The third-order valence-electron chi connectivity index (χ3n) is 6.66. The molecule has 2 rings (SSSR count). The van der Waals surface area contributed by atoms with Gasteiger partial charge in [0.2, 0.25) is 11.8 Å². The van der Waals surface area contributed by atoms with Gasteiger partial charge in [0.25, 0.3) is 0 Å². The maximum Gasteiger partial charge on any atom is 0.408 e. The number of carbonyl (C=O) groups is 3. The molecule has 7 nitrogen and oxygen atoms in total. The molecule has 7 heteroatoms. The van der Waals surface area contributed by atoms with Gasteiger partial charge in [0.15, 0.2) is 0 Å². The molecule has 0 radical (unpaired) electrons. The van der Waals surface area contributed by atoms with Crippen LogP contribution in [-0.4, -0.2) is 47.0 Å². The lowest BCUT2D eigenvalue weighted by Crippen LogP contribution is -2.59. The maximum absolute atomic E-state index is 14.2. The summed E-state index contributed by atoms with van der Waals surface area (Å²) in [6, 6.07) is 4.42. The van der Waals surface area contributed by atoms with Crippen LogP contribution < -0.4 is 10.6 Å². The van der Waals surface area contributed by atoms with E-state index in [0.29, 0.717) is 6.54 Å². The topological polar surface area (TPSA) is 87.7 Å². The van der Waals surface area contributed by atoms with Crippen LogP contribution in [0.5, 0.6) is 0 Å². The standard InChI is InChI=1S/C29H47N3O4/c1-9-10-11-17-30-26(33)25(23-18-20(4)15-16-21(23)5)32(22-13-12-14-22)27(34)24(19(2)3)31-28(35)36-29(6,7)8/h15-16,18-19,22,24-25H,9-14,17H2,1-8H3,(H,30,33)(H,31,35). The first-order chi connectivity index (χ1) is 16.9. The van der Waals surface area contributed by atoms with E-state index in [1.165, 1.54) is 0 Å². The second-order valence-electron chi connectivity index (χ2n) is 11.5. The molecule has 1 fully saturated rings. The lowest BCUT2D eigenvalue weighted by atomic mass is 9.86. The molecule has 1 aromatic carbocycles. The molecule has 1 aliphatic rings. The van der Waals surface area contributed by atoms with Crippen LogP contribution in [-0.2, 0) is 14.3 Å². The van der Waals surface area contributed by atoms with Crippen molar-refractivity contribution in [1.29, 1.82) is 0 Å². The molecule has 0 bridgehead atoms. The van der Waals surface area contributed by atoms with Gasteiger partial charge in [-0.3, -0.25) is 9.59 Å². The van der Waals surface area contributed by atoms with Crippen LogP contribution in [0.1, 0.15) is 103 Å². The molecular weight excluding hydrogens is 454 g/mol. The number of unbranched alkanes of at least 4 members (excludes halogenated alkanes) is 2. The largest absolute Gasteiger partial charge is 0.444 e. The van der Waals surface area contributed by atoms with E-state index in [2.05, 4.69) is 17.6 Å². The van der Waals surface area contributed by atoms with Crippen molar-refractivity contribution in [1.82, 2.24) is 15.5 Å². The lowest BCUT2D eigenvalue weighted by molar-refractivity contribution is -0.148. The number of nitrogens with one attached hydrogen (secondary N) is 2. The molecule has 2 unspecified atom stereocenters. The number of hydrogen-bond acceptors (Lipinski definition) is 4. The highest BCUT2D eigenvalue weighted by Gasteiger charge is 2.43. The van der Waals surface area contributed by atoms with Crippen LogP contribution in [0.2, 0.25) is 0 Å². The smallest absolute Gasteiger partial charge is 0.408 e. The van der Waals surface area contributed by atoms with Crippen LogP contribution in [0, 0.1) is 19.8 Å². The molecule has 0 heterocycles. The summed E-state index contributed by atoms with van der Waals surface area (Å²) < 4.78 is 5.45. The van der Waals surface area contributed by atoms with Crippen LogP contribution in [0.4, 0.5) is 4.79 Å². The van der Waals surface area contributed by atoms with E-state index in [0.717, 1.165) is 55.2 Å². The number of aryl methyl sites for hydroxylation is 2. The first kappa shape index (κ1) is 29.7. The Balaban J connectivity index is 2.47. The minimum atomic E-state index is -0.805. The Hall–Kier alpha value is -2.57. The fourth-order valence-electron chi connectivity index (χ4n) is 4.45. The van der Waals surface area contributed by atoms with E-state index in [-0.39, 0.29) is 23.8 Å². The predicted octanol–water partition coefficient (Wildman–Crippen LogP) is 5.58. The van der Waals surface area contributed by atoms with Crippen molar-refractivity contribution in [3.63, 3.8) is 0 Å². The van der Waals surface area contributed by atoms with Crippen LogP contribution in [0.15, 0.2) is 18.2 Å². The predicted molar refractivity (Wildman–Crippen MR) is 144 cm³/mol. The normalized spacial score (nSPS) is 15.6. The van der Waals surface area contributed by atoms with E-state index in [1.807, 2.05) is 45.9 Å². The van der Waals surface area contributed by atoms with E-state index in [4.69, 9.17) is 4.74 Å². The van der Waals surface area contributed by atoms with E-state index in [1.54, 1.807) is 25.7 Å². The summed E-state index contributed by atoms with van der Waals surface area (Å²) >= 11 is 0. The Morgan fingerprint density at radius 1 is 1.11 bits per heavy atom. The number of hydrogen-bond donors (Lipinski definition) is 2. The molecule has 0 aliphatic heterocycles. The number of alkyl carbamates (subject to hydrolysis) is 1. The van der Waals surface area contributed by atoms with Crippen molar-refractivity contribution in [2.45, 2.75) is 118 Å². The molecule has 202 valence electrons. The summed E-state index contributed by atoms with van der Waals surface area (Å²) in [6.07, 6.45) is 5.06. The maximum atomic E-state index is 14.2. The van der Waals surface area contributed by atoms with Gasteiger partial charge >= 0.3 is 6.09 Å². The van der Waals surface area contributed by atoms with Crippen molar-refractivity contribution in [2.75, 3.05) is 6.54 Å². The molecule has 2 atom stereocenters. The highest BCUT2D eigenvalue weighted by atomic mass is 16.6. The molecule has 0 saturated heterocycles. The average Bonchev–Trinajstić information content (AvgIpc) is 2.73. The number of carbonyl (C=O) groups excluding carboxylic acids is 3. The van der Waals surface area contributed by atoms with E-state index >= 15 is 0 Å². The van der Waals surface area contributed by atoms with Gasteiger partial charge < -0.3 is 20.3 Å². The van der Waals surface area contributed by atoms with Gasteiger partial charge in [-0.1, -0.05) is 57.4 Å². The molecular formula is C29H47N3O4. The van der Waals surface area contributed by atoms with Crippen molar-refractivity contribution >= 4 is 17.9 Å². The third-order valence-corrected chi connectivity index (χ3v) is 6.66. The van der Waals surface area contributed by atoms with Gasteiger partial charge in [-0.25, -0.2) is 4.79 Å². The van der Waals surface area contributed by atoms with Crippen molar-refractivity contribution in [3.05, 3.63) is 34.9 Å². The third kappa shape index (κ3) is 8.24. The first-order valence-corrected chi connectivity index (χ1v) is 13.5. The van der Waals surface area contributed by atoms with Gasteiger partial charge in [0.05, 0.1) is 0 Å². The summed E-state index contributed by atoms with van der Waals surface area (Å²) in [6.45, 7) is 15.8. The SMILES string of the molecule is CCCCCNC(=O)C(c1cc(C)ccc1C)N(C(=O)C(NC(=O)OC(C)(C)C)C(C)C)C1CCC1. The van der Waals surface area contributed by atoms with Crippen LogP contribution in [0.25, 0.3) is 0 Å². The zero-order valence-corrected chi connectivity index (χ0v) is 23.6. The van der Waals surface area contributed by atoms with Gasteiger partial charge in [0.1, 0.15) is 17.7 Å². The Kier molecular flexibility index (Phi) is 10.8. The first-order valence-electron chi connectivity index (χ1n) is 13.5. The minimum Gasteiger partial charge on any atom is -0.444 e. The van der Waals surface area contributed by atoms with Gasteiger partial charge in [-0.15, -0.1) is 0 Å². The molecule has 1 saturated carbocycles. The Morgan fingerprint density at radius 2 is 1.78 bits per heavy atom. The second kappa shape index (κ2) is 13.1. The lowest BCUT2D eigenvalue weighted by Gasteiger charge is -2.44. The van der Waals surface area contributed by atoms with Gasteiger partial charge in [-0.2, -0.15) is 0 Å². The summed E-state index contributed by atoms with van der Waals surface area (Å²) in [5.74, 6) is -0.588. The summed E-state index contributed by atoms with van der Waals surface area (Å²) in [4.78, 5) is 42.3. The highest BCUT2D eigenvalue weighted by Crippen LogP contribution is 2.35. The van der Waals surface area contributed by atoms with E-state index in [9.17, 15) is 14.4 Å². The molecule has 3 amide bonds. The Bertz CT molecular complexity index is 902. The van der Waals surface area contributed by atoms with E-state index < -0.39 is 23.8 Å². The Morgan fingerprint density at radius 3 is 2.31 bits per heavy atom. The zero-order chi connectivity index (χ0) is 27.0. The molecule has 0 aromatic heterocycles. The zero-order valence-electron chi connectivity index (χ0n) is 23.6. The van der Waals surface area contributed by atoms with Crippen molar-refractivity contribution < 1.29 is 19.1 Å². The molecule has 36 heavy (non-hydrogen) atoms. The van der Waals surface area contributed by atoms with Crippen molar-refractivity contribution in [3.8, 4) is 0 Å². The van der Waals surface area contributed by atoms with Crippen LogP contribution in [0.3, 0.4) is 0 Å². The molecule has 1 aromatic rings. The minimum absolute atomic E-state index is 0.0505. The number of benzene rings is 1. The number of rotatable bonds is 11. The van der Waals surface area contributed by atoms with Crippen molar-refractivity contribution in [2.24, 2.45) is 5.92 Å². The monoisotopic (exact) mass is 501 g/mol. The summed E-state index contributed by atoms with van der Waals surface area (Å²) in [7, 11) is 0. The number of amides is 3. The number of ether oxygens (including phenoxy) is 1. The fourth-order valence-corrected chi connectivity index (χ4v) is 4.45. The molecule has 1 aliphatic carbocycles. The highest BCUT2D eigenvalue weighted by molar-refractivity contribution is 5.92. The summed E-state index contributed by atoms with van der Waals surface area (Å²) in [5, 5.41) is 5.90. The molecule has 0 spiro atoms. The van der Waals surface area contributed by atoms with Crippen LogP contribution >= 0.6 is 0 Å². The van der Waals surface area contributed by atoms with Gasteiger partial charge in [0, 0.05) is 12.6 Å². The fraction of sp³-hybridized carbons (Fsp3) is 0.690. The quantitative estimate of drug-likeness (QED) is 0.387. The average molecular weight is 502 g/mol. The summed E-state index contributed by atoms with van der Waals surface area (Å²) in [5.41, 5.74) is 2.16.